The van der Waals surface area contributed by atoms with E-state index in [1.54, 1.807) is 20.3 Å². The summed E-state index contributed by atoms with van der Waals surface area (Å²) >= 11 is 0. The Morgan fingerprint density at radius 3 is 2.70 bits per heavy atom. The van der Waals surface area contributed by atoms with Crippen LogP contribution in [-0.4, -0.2) is 37.4 Å². The van der Waals surface area contributed by atoms with Crippen molar-refractivity contribution in [3.63, 3.8) is 0 Å². The van der Waals surface area contributed by atoms with Crippen molar-refractivity contribution in [3.05, 3.63) is 35.5 Å². The second-order valence-corrected chi connectivity index (χ2v) is 4.88. The molecule has 126 valence electrons. The molecule has 0 aliphatic heterocycles. The van der Waals surface area contributed by atoms with Crippen molar-refractivity contribution in [3.8, 4) is 11.5 Å². The zero-order chi connectivity index (χ0) is 15.9. The third kappa shape index (κ3) is 5.26. The molecule has 1 heterocycles. The summed E-state index contributed by atoms with van der Waals surface area (Å²) < 4.78 is 15.7. The molecular formula is C16H22ClN3O3. The van der Waals surface area contributed by atoms with E-state index < -0.39 is 0 Å². The highest BCUT2D eigenvalue weighted by Gasteiger charge is 2.08. The van der Waals surface area contributed by atoms with Crippen molar-refractivity contribution < 1.29 is 14.0 Å². The molecule has 0 bridgehead atoms. The molecule has 1 unspecified atom stereocenters. The van der Waals surface area contributed by atoms with Crippen LogP contribution in [0, 0.1) is 0 Å². The van der Waals surface area contributed by atoms with Crippen molar-refractivity contribution in [2.75, 3.05) is 21.3 Å². The van der Waals surface area contributed by atoms with Crippen LogP contribution in [0.3, 0.4) is 0 Å². The summed E-state index contributed by atoms with van der Waals surface area (Å²) in [5.74, 6) is 2.62. The van der Waals surface area contributed by atoms with Gasteiger partial charge in [0.25, 0.3) is 5.89 Å². The quantitative estimate of drug-likeness (QED) is 0.836. The average Bonchev–Trinajstić information content (AvgIpc) is 2.99. The molecule has 0 amide bonds. The molecule has 1 N–H and O–H groups in total. The smallest absolute Gasteiger partial charge is 0.250 e. The number of hydrogen-bond acceptors (Lipinski definition) is 6. The molecule has 0 spiro atoms. The maximum Gasteiger partial charge on any atom is 0.250 e. The van der Waals surface area contributed by atoms with E-state index in [0.717, 1.165) is 23.5 Å². The molecule has 6 nitrogen and oxygen atoms in total. The number of ether oxygens (including phenoxy) is 2. The van der Waals surface area contributed by atoms with Crippen LogP contribution in [0.1, 0.15) is 24.2 Å². The van der Waals surface area contributed by atoms with Gasteiger partial charge in [0, 0.05) is 30.2 Å². The summed E-state index contributed by atoms with van der Waals surface area (Å²) in [5, 5.41) is 7.10. The summed E-state index contributed by atoms with van der Waals surface area (Å²) in [5.41, 5.74) is 0.909. The number of likely N-dealkylation sites (N-methyl/N-ethyl adjacent to an activating group) is 1. The van der Waals surface area contributed by atoms with E-state index >= 15 is 0 Å². The van der Waals surface area contributed by atoms with Crippen molar-refractivity contribution in [2.24, 2.45) is 0 Å². The standard InChI is InChI=1S/C16H21N3O3.ClH/c1-11(17-2)9-15-18-16(22-19-15)8-6-12-5-7-13(20-3)10-14(12)21-4;/h5-8,10-11,17H,9H2,1-4H3;1H/b8-6+;. The van der Waals surface area contributed by atoms with Crippen molar-refractivity contribution in [2.45, 2.75) is 19.4 Å². The zero-order valence-electron chi connectivity index (χ0n) is 13.7. The Morgan fingerprint density at radius 1 is 1.26 bits per heavy atom. The number of aromatic nitrogens is 2. The largest absolute Gasteiger partial charge is 0.497 e. The number of nitrogens with one attached hydrogen (secondary N) is 1. The number of rotatable bonds is 7. The topological polar surface area (TPSA) is 69.4 Å². The van der Waals surface area contributed by atoms with Crippen LogP contribution in [0.4, 0.5) is 0 Å². The molecule has 7 heteroatoms. The maximum absolute atomic E-state index is 5.34. The molecule has 0 saturated carbocycles. The zero-order valence-corrected chi connectivity index (χ0v) is 14.5. The third-order valence-electron chi connectivity index (χ3n) is 3.31. The lowest BCUT2D eigenvalue weighted by molar-refractivity contribution is 0.393. The first-order valence-corrected chi connectivity index (χ1v) is 7.06. The van der Waals surface area contributed by atoms with E-state index in [0.29, 0.717) is 17.8 Å². The molecule has 0 radical (unpaired) electrons. The monoisotopic (exact) mass is 339 g/mol. The Bertz CT molecular complexity index is 643. The van der Waals surface area contributed by atoms with Crippen LogP contribution >= 0.6 is 12.4 Å². The number of hydrogen-bond donors (Lipinski definition) is 1. The lowest BCUT2D eigenvalue weighted by Gasteiger charge is -2.06. The molecule has 0 saturated heterocycles. The van der Waals surface area contributed by atoms with E-state index in [4.69, 9.17) is 14.0 Å². The first-order chi connectivity index (χ1) is 10.7. The number of methoxy groups -OCH3 is 2. The van der Waals surface area contributed by atoms with Gasteiger partial charge in [-0.15, -0.1) is 12.4 Å². The Balaban J connectivity index is 0.00000264. The second kappa shape index (κ2) is 9.17. The summed E-state index contributed by atoms with van der Waals surface area (Å²) in [7, 11) is 5.15. The lowest BCUT2D eigenvalue weighted by atomic mass is 10.1. The lowest BCUT2D eigenvalue weighted by Crippen LogP contribution is -2.24. The Morgan fingerprint density at radius 2 is 2.04 bits per heavy atom. The highest BCUT2D eigenvalue weighted by atomic mass is 35.5. The van der Waals surface area contributed by atoms with Gasteiger partial charge in [0.05, 0.1) is 14.2 Å². The van der Waals surface area contributed by atoms with Crippen LogP contribution < -0.4 is 14.8 Å². The van der Waals surface area contributed by atoms with E-state index in [1.165, 1.54) is 0 Å². The molecule has 2 aromatic rings. The van der Waals surface area contributed by atoms with Gasteiger partial charge in [-0.3, -0.25) is 0 Å². The highest BCUT2D eigenvalue weighted by molar-refractivity contribution is 5.85. The highest BCUT2D eigenvalue weighted by Crippen LogP contribution is 2.26. The molecule has 23 heavy (non-hydrogen) atoms. The SMILES string of the molecule is CNC(C)Cc1noc(/C=C/c2ccc(OC)cc2OC)n1.Cl. The van der Waals surface area contributed by atoms with E-state index in [1.807, 2.05) is 31.3 Å². The molecule has 0 aliphatic rings. The predicted octanol–water partition coefficient (Wildman–Crippen LogP) is 2.83. The average molecular weight is 340 g/mol. The van der Waals surface area contributed by atoms with Crippen LogP contribution in [0.5, 0.6) is 11.5 Å². The van der Waals surface area contributed by atoms with Gasteiger partial charge < -0.3 is 19.3 Å². The van der Waals surface area contributed by atoms with Gasteiger partial charge in [0.2, 0.25) is 0 Å². The third-order valence-corrected chi connectivity index (χ3v) is 3.31. The Labute approximate surface area is 142 Å². The molecule has 1 aromatic carbocycles. The Kier molecular flexibility index (Phi) is 7.57. The summed E-state index contributed by atoms with van der Waals surface area (Å²) in [6, 6.07) is 5.91. The summed E-state index contributed by atoms with van der Waals surface area (Å²) in [6.07, 6.45) is 4.36. The number of nitrogens with zero attached hydrogens (tertiary/aromatic N) is 2. The van der Waals surface area contributed by atoms with E-state index in [2.05, 4.69) is 22.4 Å². The van der Waals surface area contributed by atoms with Crippen molar-refractivity contribution >= 4 is 24.6 Å². The fourth-order valence-electron chi connectivity index (χ4n) is 1.91. The molecule has 2 rings (SSSR count). The molecular weight excluding hydrogens is 318 g/mol. The molecule has 1 aromatic heterocycles. The minimum atomic E-state index is 0. The Hall–Kier alpha value is -2.05. The van der Waals surface area contributed by atoms with Crippen LogP contribution in [-0.2, 0) is 6.42 Å². The van der Waals surface area contributed by atoms with Crippen LogP contribution in [0.15, 0.2) is 22.7 Å². The van der Waals surface area contributed by atoms with Crippen molar-refractivity contribution in [1.29, 1.82) is 0 Å². The summed E-state index contributed by atoms with van der Waals surface area (Å²) in [6.45, 7) is 2.06. The van der Waals surface area contributed by atoms with Gasteiger partial charge in [0.1, 0.15) is 11.5 Å². The second-order valence-electron chi connectivity index (χ2n) is 4.88. The van der Waals surface area contributed by atoms with Gasteiger partial charge in [0.15, 0.2) is 5.82 Å². The fourth-order valence-corrected chi connectivity index (χ4v) is 1.91. The normalized spacial score (nSPS) is 12.0. The van der Waals surface area contributed by atoms with Gasteiger partial charge >= 0.3 is 0 Å². The van der Waals surface area contributed by atoms with Gasteiger partial charge in [-0.1, -0.05) is 5.16 Å². The van der Waals surface area contributed by atoms with Crippen LogP contribution in [0.2, 0.25) is 0 Å². The molecule has 0 fully saturated rings. The number of benzene rings is 1. The number of halogens is 1. The molecule has 1 atom stereocenters. The van der Waals surface area contributed by atoms with Crippen molar-refractivity contribution in [1.82, 2.24) is 15.5 Å². The maximum atomic E-state index is 5.34. The first kappa shape index (κ1) is 19.0. The molecule has 0 aliphatic carbocycles. The minimum Gasteiger partial charge on any atom is -0.497 e. The predicted molar refractivity (Wildman–Crippen MR) is 92.2 cm³/mol. The first-order valence-electron chi connectivity index (χ1n) is 7.06. The van der Waals surface area contributed by atoms with Gasteiger partial charge in [-0.05, 0) is 32.2 Å². The van der Waals surface area contributed by atoms with E-state index in [-0.39, 0.29) is 12.4 Å². The van der Waals surface area contributed by atoms with Gasteiger partial charge in [-0.2, -0.15) is 4.98 Å². The van der Waals surface area contributed by atoms with E-state index in [9.17, 15) is 0 Å². The van der Waals surface area contributed by atoms with Gasteiger partial charge in [-0.25, -0.2) is 0 Å². The minimum absolute atomic E-state index is 0. The van der Waals surface area contributed by atoms with Crippen LogP contribution in [0.25, 0.3) is 12.2 Å². The summed E-state index contributed by atoms with van der Waals surface area (Å²) in [4.78, 5) is 4.33. The fraction of sp³-hybridized carbons (Fsp3) is 0.375.